The third-order valence-corrected chi connectivity index (χ3v) is 4.01. The van der Waals surface area contributed by atoms with Crippen LogP contribution in [0, 0.1) is 0 Å². The minimum atomic E-state index is -0.914. The molecule has 3 unspecified atom stereocenters. The first kappa shape index (κ1) is 11.7. The predicted molar refractivity (Wildman–Crippen MR) is 53.7 cm³/mol. The van der Waals surface area contributed by atoms with Crippen molar-refractivity contribution in [2.75, 3.05) is 5.75 Å². The van der Waals surface area contributed by atoms with Gasteiger partial charge in [0.25, 0.3) is 0 Å². The zero-order valence-corrected chi connectivity index (χ0v) is 9.25. The van der Waals surface area contributed by atoms with Crippen LogP contribution in [-0.4, -0.2) is 38.5 Å². The Morgan fingerprint density at radius 1 is 1.57 bits per heavy atom. The highest BCUT2D eigenvalue weighted by molar-refractivity contribution is 7.85. The number of rotatable bonds is 4. The van der Waals surface area contributed by atoms with Gasteiger partial charge in [0, 0.05) is 16.0 Å². The number of carboxylic acid groups (broad SMARTS) is 1. The second-order valence-corrected chi connectivity index (χ2v) is 5.80. The van der Waals surface area contributed by atoms with Gasteiger partial charge >= 0.3 is 5.97 Å². The number of ether oxygens (including phenoxy) is 1. The lowest BCUT2D eigenvalue weighted by molar-refractivity contribution is -0.148. The number of aliphatic carboxylic acids is 1. The van der Waals surface area contributed by atoms with E-state index in [0.717, 1.165) is 0 Å². The van der Waals surface area contributed by atoms with Gasteiger partial charge in [0.1, 0.15) is 0 Å². The quantitative estimate of drug-likeness (QED) is 0.760. The van der Waals surface area contributed by atoms with E-state index in [1.165, 1.54) is 0 Å². The van der Waals surface area contributed by atoms with Crippen LogP contribution in [0.2, 0.25) is 0 Å². The lowest BCUT2D eigenvalue weighted by Gasteiger charge is -2.12. The molecule has 1 N–H and O–H groups in total. The van der Waals surface area contributed by atoms with E-state index in [4.69, 9.17) is 9.84 Å². The number of hydrogen-bond acceptors (Lipinski definition) is 3. The molecule has 0 aromatic rings. The molecule has 1 saturated heterocycles. The van der Waals surface area contributed by atoms with Crippen molar-refractivity contribution in [3.8, 4) is 0 Å². The minimum absolute atomic E-state index is 0.113. The average molecular weight is 220 g/mol. The Labute approximate surface area is 86.1 Å². The second kappa shape index (κ2) is 4.89. The summed E-state index contributed by atoms with van der Waals surface area (Å²) in [4.78, 5) is 10.6. The van der Waals surface area contributed by atoms with Crippen LogP contribution in [0.5, 0.6) is 0 Å². The molecule has 0 amide bonds. The van der Waals surface area contributed by atoms with E-state index in [1.54, 1.807) is 0 Å². The lowest BCUT2D eigenvalue weighted by Crippen LogP contribution is -2.25. The molecule has 5 heteroatoms. The molecule has 1 fully saturated rings. The molecule has 1 heterocycles. The van der Waals surface area contributed by atoms with Gasteiger partial charge in [-0.05, 0) is 12.8 Å². The Hall–Kier alpha value is -0.420. The predicted octanol–water partition coefficient (Wildman–Crippen LogP) is 0.776. The maximum absolute atomic E-state index is 11.5. The van der Waals surface area contributed by atoms with Gasteiger partial charge in [0.2, 0.25) is 0 Å². The number of carboxylic acids is 1. The number of carbonyl (C=O) groups is 1. The van der Waals surface area contributed by atoms with Crippen molar-refractivity contribution in [1.82, 2.24) is 0 Å². The van der Waals surface area contributed by atoms with E-state index in [0.29, 0.717) is 18.6 Å². The summed E-state index contributed by atoms with van der Waals surface area (Å²) in [5.41, 5.74) is 0. The molecule has 0 aliphatic carbocycles. The Kier molecular flexibility index (Phi) is 4.07. The first-order valence-electron chi connectivity index (χ1n) is 4.76. The lowest BCUT2D eigenvalue weighted by atomic mass is 10.2. The highest BCUT2D eigenvalue weighted by Gasteiger charge is 2.31. The summed E-state index contributed by atoms with van der Waals surface area (Å²) < 4.78 is 16.7. The van der Waals surface area contributed by atoms with Crippen molar-refractivity contribution in [2.45, 2.75) is 44.1 Å². The van der Waals surface area contributed by atoms with Crippen LogP contribution < -0.4 is 0 Å². The maximum Gasteiger partial charge on any atom is 0.332 e. The van der Waals surface area contributed by atoms with Gasteiger partial charge in [0.15, 0.2) is 6.10 Å². The molecule has 0 aromatic heterocycles. The summed E-state index contributed by atoms with van der Waals surface area (Å²) in [5, 5.41) is 8.79. The van der Waals surface area contributed by atoms with Crippen molar-refractivity contribution < 1.29 is 18.8 Å². The molecule has 4 nitrogen and oxygen atoms in total. The van der Waals surface area contributed by atoms with Crippen LogP contribution in [0.25, 0.3) is 0 Å². The fourth-order valence-corrected chi connectivity index (χ4v) is 2.38. The van der Waals surface area contributed by atoms with Crippen molar-refractivity contribution in [3.63, 3.8) is 0 Å². The summed E-state index contributed by atoms with van der Waals surface area (Å²) in [5.74, 6) is -0.454. The smallest absolute Gasteiger partial charge is 0.332 e. The van der Waals surface area contributed by atoms with E-state index in [9.17, 15) is 9.00 Å². The molecule has 82 valence electrons. The normalized spacial score (nSPS) is 29.4. The van der Waals surface area contributed by atoms with Crippen molar-refractivity contribution in [3.05, 3.63) is 0 Å². The maximum atomic E-state index is 11.5. The molecule has 1 rings (SSSR count). The van der Waals surface area contributed by atoms with Crippen LogP contribution in [0.3, 0.4) is 0 Å². The monoisotopic (exact) mass is 220 g/mol. The summed E-state index contributed by atoms with van der Waals surface area (Å²) in [6.07, 6.45) is 0.411. The molecule has 0 bridgehead atoms. The first-order chi connectivity index (χ1) is 6.50. The third-order valence-electron chi connectivity index (χ3n) is 2.26. The SMILES string of the molecule is CC(C)S(=O)CC1CCC(C(=O)O)O1. The second-order valence-electron chi connectivity index (χ2n) is 3.76. The van der Waals surface area contributed by atoms with Crippen LogP contribution in [0.15, 0.2) is 0 Å². The fraction of sp³-hybridized carbons (Fsp3) is 0.889. The van der Waals surface area contributed by atoms with E-state index in [1.807, 2.05) is 13.8 Å². The molecule has 3 atom stereocenters. The number of hydrogen-bond donors (Lipinski definition) is 1. The van der Waals surface area contributed by atoms with Crippen LogP contribution in [-0.2, 0) is 20.3 Å². The largest absolute Gasteiger partial charge is 0.479 e. The summed E-state index contributed by atoms with van der Waals surface area (Å²) in [7, 11) is -0.908. The Morgan fingerprint density at radius 3 is 2.64 bits per heavy atom. The van der Waals surface area contributed by atoms with Gasteiger partial charge in [-0.1, -0.05) is 13.8 Å². The van der Waals surface area contributed by atoms with Gasteiger partial charge in [-0.25, -0.2) is 4.79 Å². The van der Waals surface area contributed by atoms with E-state index in [2.05, 4.69) is 0 Å². The summed E-state index contributed by atoms with van der Waals surface area (Å²) >= 11 is 0. The molecule has 0 aromatic carbocycles. The van der Waals surface area contributed by atoms with Gasteiger partial charge in [0.05, 0.1) is 11.9 Å². The zero-order chi connectivity index (χ0) is 10.7. The van der Waals surface area contributed by atoms with Crippen LogP contribution in [0.1, 0.15) is 26.7 Å². The standard InChI is InChI=1S/C9H16O4S/c1-6(2)14(12)5-7-3-4-8(13-7)9(10)11/h6-8H,3-5H2,1-2H3,(H,10,11). The average Bonchev–Trinajstić information content (AvgIpc) is 2.52. The molecular weight excluding hydrogens is 204 g/mol. The fourth-order valence-electron chi connectivity index (χ4n) is 1.39. The van der Waals surface area contributed by atoms with Gasteiger partial charge in [-0.15, -0.1) is 0 Å². The molecule has 1 aliphatic rings. The Bertz CT molecular complexity index is 239. The molecule has 0 saturated carbocycles. The summed E-state index contributed by atoms with van der Waals surface area (Å²) in [6.45, 7) is 3.78. The van der Waals surface area contributed by atoms with Crippen LogP contribution >= 0.6 is 0 Å². The summed E-state index contributed by atoms with van der Waals surface area (Å²) in [6, 6.07) is 0. The van der Waals surface area contributed by atoms with Gasteiger partial charge in [-0.2, -0.15) is 0 Å². The topological polar surface area (TPSA) is 63.6 Å². The van der Waals surface area contributed by atoms with Crippen molar-refractivity contribution in [1.29, 1.82) is 0 Å². The molecule has 14 heavy (non-hydrogen) atoms. The Balaban J connectivity index is 2.36. The van der Waals surface area contributed by atoms with Crippen molar-refractivity contribution >= 4 is 16.8 Å². The zero-order valence-electron chi connectivity index (χ0n) is 8.43. The van der Waals surface area contributed by atoms with Crippen LogP contribution in [0.4, 0.5) is 0 Å². The first-order valence-corrected chi connectivity index (χ1v) is 6.14. The van der Waals surface area contributed by atoms with Crippen molar-refractivity contribution in [2.24, 2.45) is 0 Å². The molecule has 1 aliphatic heterocycles. The minimum Gasteiger partial charge on any atom is -0.479 e. The van der Waals surface area contributed by atoms with Gasteiger partial charge in [-0.3, -0.25) is 4.21 Å². The van der Waals surface area contributed by atoms with E-state index < -0.39 is 22.9 Å². The third kappa shape index (κ3) is 3.06. The van der Waals surface area contributed by atoms with Gasteiger partial charge < -0.3 is 9.84 Å². The van der Waals surface area contributed by atoms with E-state index in [-0.39, 0.29) is 11.4 Å². The molecule has 0 radical (unpaired) electrons. The highest BCUT2D eigenvalue weighted by Crippen LogP contribution is 2.21. The molecular formula is C9H16O4S. The molecule has 0 spiro atoms. The van der Waals surface area contributed by atoms with E-state index >= 15 is 0 Å². The highest BCUT2D eigenvalue weighted by atomic mass is 32.2. The Morgan fingerprint density at radius 2 is 2.21 bits per heavy atom.